The normalized spacial score (nSPS) is 14.0. The monoisotopic (exact) mass is 199 g/mol. The van der Waals surface area contributed by atoms with Crippen molar-refractivity contribution in [2.75, 3.05) is 19.8 Å². The number of hydrogen-bond donors (Lipinski definition) is 0. The Kier molecular flexibility index (Phi) is 6.28. The Labute approximate surface area is 84.6 Å². The first-order valence-corrected chi connectivity index (χ1v) is 6.08. The van der Waals surface area contributed by atoms with Crippen LogP contribution < -0.4 is 0 Å². The molecule has 0 aromatic heterocycles. The zero-order valence-electron chi connectivity index (χ0n) is 9.38. The van der Waals surface area contributed by atoms with E-state index < -0.39 is 0 Å². The van der Waals surface area contributed by atoms with Gasteiger partial charge in [-0.25, -0.2) is 0 Å². The fraction of sp³-hybridized carbons (Fsp3) is 0.727. The molecule has 0 saturated heterocycles. The molecule has 2 heteroatoms. The minimum atomic E-state index is 0.488. The zero-order chi connectivity index (χ0) is 10.4. The van der Waals surface area contributed by atoms with Gasteiger partial charge in [0.2, 0.25) is 0 Å². The summed E-state index contributed by atoms with van der Waals surface area (Å²) in [7, 11) is 3.38. The molecule has 0 fully saturated rings. The van der Waals surface area contributed by atoms with Gasteiger partial charge in [0.05, 0.1) is 0 Å². The highest BCUT2D eigenvalue weighted by atomic mass is 31.1. The maximum Gasteiger partial charge on any atom is 0.0276 e. The van der Waals surface area contributed by atoms with Crippen molar-refractivity contribution in [1.29, 1.82) is 0 Å². The Morgan fingerprint density at radius 3 is 2.31 bits per heavy atom. The van der Waals surface area contributed by atoms with E-state index in [4.69, 9.17) is 0 Å². The summed E-state index contributed by atoms with van der Waals surface area (Å²) in [6.45, 7) is 11.9. The second-order valence-electron chi connectivity index (χ2n) is 3.83. The highest BCUT2D eigenvalue weighted by Crippen LogP contribution is 2.15. The van der Waals surface area contributed by atoms with Crippen LogP contribution in [0.5, 0.6) is 0 Å². The summed E-state index contributed by atoms with van der Waals surface area (Å²) < 4.78 is 0. The summed E-state index contributed by atoms with van der Waals surface area (Å²) >= 11 is 0. The average molecular weight is 199 g/mol. The first kappa shape index (κ1) is 12.9. The fourth-order valence-corrected chi connectivity index (χ4v) is 1.64. The molecule has 0 bridgehead atoms. The van der Waals surface area contributed by atoms with E-state index in [1.54, 1.807) is 0 Å². The molecule has 0 rings (SSSR count). The molecule has 0 radical (unpaired) electrons. The molecule has 1 unspecified atom stereocenters. The van der Waals surface area contributed by atoms with Gasteiger partial charge in [-0.05, 0) is 19.9 Å². The number of nitrogens with zero attached hydrogens (tertiary/aromatic N) is 1. The van der Waals surface area contributed by atoms with Crippen LogP contribution in [0, 0.1) is 5.92 Å². The lowest BCUT2D eigenvalue weighted by atomic mass is 9.98. The molecule has 0 aliphatic heterocycles. The van der Waals surface area contributed by atoms with E-state index >= 15 is 0 Å². The molecule has 0 heterocycles. The fourth-order valence-electron chi connectivity index (χ4n) is 1.19. The average Bonchev–Trinajstić information content (AvgIpc) is 2.11. The van der Waals surface area contributed by atoms with Gasteiger partial charge in [0.15, 0.2) is 0 Å². The predicted octanol–water partition coefficient (Wildman–Crippen LogP) is 2.90. The van der Waals surface area contributed by atoms with Gasteiger partial charge in [0, 0.05) is 18.7 Å². The van der Waals surface area contributed by atoms with E-state index in [9.17, 15) is 0 Å². The van der Waals surface area contributed by atoms with Gasteiger partial charge in [-0.3, -0.25) is 4.90 Å². The van der Waals surface area contributed by atoms with Crippen LogP contribution in [0.4, 0.5) is 0 Å². The van der Waals surface area contributed by atoms with E-state index in [0.29, 0.717) is 12.0 Å². The zero-order valence-corrected chi connectivity index (χ0v) is 10.3. The van der Waals surface area contributed by atoms with Gasteiger partial charge in [0.1, 0.15) is 0 Å². The van der Waals surface area contributed by atoms with Crippen molar-refractivity contribution in [3.05, 3.63) is 12.2 Å². The molecule has 0 aliphatic carbocycles. The maximum absolute atomic E-state index is 4.12. The Hall–Kier alpha value is -0.130. The van der Waals surface area contributed by atoms with Gasteiger partial charge < -0.3 is 0 Å². The first-order valence-electron chi connectivity index (χ1n) is 4.82. The van der Waals surface area contributed by atoms with E-state index in [0.717, 1.165) is 12.7 Å². The van der Waals surface area contributed by atoms with Crippen molar-refractivity contribution >= 4 is 14.5 Å². The molecular formula is C11H22NP. The van der Waals surface area contributed by atoms with E-state index in [2.05, 4.69) is 45.6 Å². The Morgan fingerprint density at radius 1 is 1.38 bits per heavy atom. The summed E-state index contributed by atoms with van der Waals surface area (Å²) in [4.78, 5) is 2.35. The lowest BCUT2D eigenvalue weighted by Gasteiger charge is -2.27. The molecule has 0 aromatic carbocycles. The number of likely N-dealkylation sites (N-methyl/N-ethyl adjacent to an activating group) is 1. The minimum absolute atomic E-state index is 0.488. The topological polar surface area (TPSA) is 3.24 Å². The van der Waals surface area contributed by atoms with Crippen molar-refractivity contribution in [1.82, 2.24) is 4.90 Å². The molecule has 0 aliphatic rings. The molecule has 0 aromatic rings. The largest absolute Gasteiger partial charge is 0.299 e. The molecule has 76 valence electrons. The molecule has 1 nitrogen and oxygen atoms in total. The van der Waals surface area contributed by atoms with Crippen LogP contribution >= 0.6 is 8.20 Å². The van der Waals surface area contributed by atoms with Gasteiger partial charge in [0.25, 0.3) is 0 Å². The smallest absolute Gasteiger partial charge is 0.0276 e. The van der Waals surface area contributed by atoms with Crippen LogP contribution in [0.1, 0.15) is 20.8 Å². The van der Waals surface area contributed by atoms with Crippen molar-refractivity contribution < 1.29 is 0 Å². The Morgan fingerprint density at radius 2 is 1.92 bits per heavy atom. The van der Waals surface area contributed by atoms with E-state index in [1.807, 2.05) is 0 Å². The molecule has 0 spiro atoms. The molecule has 1 atom stereocenters. The van der Waals surface area contributed by atoms with Crippen molar-refractivity contribution in [2.24, 2.45) is 5.92 Å². The second kappa shape index (κ2) is 6.34. The van der Waals surface area contributed by atoms with Crippen LogP contribution in [0.15, 0.2) is 12.2 Å². The van der Waals surface area contributed by atoms with Crippen molar-refractivity contribution in [3.8, 4) is 0 Å². The van der Waals surface area contributed by atoms with Crippen LogP contribution in [0.3, 0.4) is 0 Å². The molecular weight excluding hydrogens is 177 g/mol. The lowest BCUT2D eigenvalue weighted by Crippen LogP contribution is -2.33. The van der Waals surface area contributed by atoms with Gasteiger partial charge in [-0.1, -0.05) is 32.3 Å². The maximum atomic E-state index is 4.12. The van der Waals surface area contributed by atoms with E-state index in [1.165, 1.54) is 13.8 Å². The molecule has 0 amide bonds. The van der Waals surface area contributed by atoms with Crippen LogP contribution in [0.25, 0.3) is 0 Å². The SMILES string of the molecule is C=PCCN(C)C(C)C(=C)C(C)C. The number of rotatable bonds is 6. The third-order valence-corrected chi connectivity index (χ3v) is 3.07. The summed E-state index contributed by atoms with van der Waals surface area (Å²) in [5.41, 5.74) is 1.32. The van der Waals surface area contributed by atoms with Gasteiger partial charge in [-0.15, -0.1) is 8.20 Å². The standard InChI is InChI=1S/C11H22NP/c1-9(2)10(3)11(4)12(5)7-8-13-6/h9,11H,3,6-8H2,1-2,4-5H3. The summed E-state index contributed by atoms with van der Waals surface area (Å²) in [5, 5.41) is 0. The highest BCUT2D eigenvalue weighted by Gasteiger charge is 2.13. The summed E-state index contributed by atoms with van der Waals surface area (Å²) in [6, 6.07) is 0.488. The third-order valence-electron chi connectivity index (χ3n) is 2.55. The van der Waals surface area contributed by atoms with Crippen LogP contribution in [-0.4, -0.2) is 37.0 Å². The van der Waals surface area contributed by atoms with Crippen molar-refractivity contribution in [3.63, 3.8) is 0 Å². The summed E-state index contributed by atoms with van der Waals surface area (Å²) in [5.74, 6) is 0.578. The van der Waals surface area contributed by atoms with Crippen LogP contribution in [-0.2, 0) is 0 Å². The molecule has 13 heavy (non-hydrogen) atoms. The van der Waals surface area contributed by atoms with Gasteiger partial charge in [-0.2, -0.15) is 0 Å². The molecule has 0 saturated carbocycles. The second-order valence-corrected chi connectivity index (χ2v) is 4.73. The Balaban J connectivity index is 4.00. The predicted molar refractivity (Wildman–Crippen MR) is 65.0 cm³/mol. The van der Waals surface area contributed by atoms with E-state index in [-0.39, 0.29) is 0 Å². The minimum Gasteiger partial charge on any atom is -0.299 e. The highest BCUT2D eigenvalue weighted by molar-refractivity contribution is 7.36. The lowest BCUT2D eigenvalue weighted by molar-refractivity contribution is 0.293. The van der Waals surface area contributed by atoms with Crippen LogP contribution in [0.2, 0.25) is 0 Å². The van der Waals surface area contributed by atoms with Crippen molar-refractivity contribution in [2.45, 2.75) is 26.8 Å². The third kappa shape index (κ3) is 4.59. The Bertz CT molecular complexity index is 175. The first-order chi connectivity index (χ1) is 6.00. The number of hydrogen-bond acceptors (Lipinski definition) is 1. The van der Waals surface area contributed by atoms with Gasteiger partial charge >= 0.3 is 0 Å². The quantitative estimate of drug-likeness (QED) is 0.469. The summed E-state index contributed by atoms with van der Waals surface area (Å²) in [6.07, 6.45) is 4.97. The molecule has 0 N–H and O–H groups in total.